The molecule has 2 aromatic rings. The molecule has 2 aliphatic rings. The number of methoxy groups -OCH3 is 1. The van der Waals surface area contributed by atoms with E-state index >= 15 is 0 Å². The Hall–Kier alpha value is -3.87. The smallest absolute Gasteiger partial charge is 0.336 e. The minimum atomic E-state index is -0.588. The summed E-state index contributed by atoms with van der Waals surface area (Å²) in [6.45, 7) is 7.36. The van der Waals surface area contributed by atoms with Crippen LogP contribution in [0.2, 0.25) is 0 Å². The highest BCUT2D eigenvalue weighted by molar-refractivity contribution is 5.96. The van der Waals surface area contributed by atoms with Gasteiger partial charge >= 0.3 is 11.9 Å². The Bertz CT molecular complexity index is 1260. The highest BCUT2D eigenvalue weighted by Gasteiger charge is 2.45. The van der Waals surface area contributed by atoms with E-state index in [4.69, 9.17) is 14.2 Å². The van der Waals surface area contributed by atoms with Gasteiger partial charge in [-0.1, -0.05) is 56.3 Å². The number of allylic oxidation sites excluding steroid dienone is 3. The summed E-state index contributed by atoms with van der Waals surface area (Å²) in [5, 5.41) is 3.35. The minimum absolute atomic E-state index is 0.0357. The molecule has 37 heavy (non-hydrogen) atoms. The van der Waals surface area contributed by atoms with Crippen molar-refractivity contribution in [2.45, 2.75) is 46.0 Å². The first kappa shape index (κ1) is 26.2. The van der Waals surface area contributed by atoms with Crippen LogP contribution in [0.25, 0.3) is 0 Å². The highest BCUT2D eigenvalue weighted by atomic mass is 16.6. The zero-order valence-electron chi connectivity index (χ0n) is 21.9. The summed E-state index contributed by atoms with van der Waals surface area (Å²) < 4.78 is 16.4. The van der Waals surface area contributed by atoms with Crippen LogP contribution < -0.4 is 14.8 Å². The second-order valence-corrected chi connectivity index (χ2v) is 9.92. The number of carbonyl (C=O) groups is 3. The average Bonchev–Trinajstić information content (AvgIpc) is 2.86. The quantitative estimate of drug-likeness (QED) is 0.418. The zero-order chi connectivity index (χ0) is 26.7. The molecule has 0 saturated heterocycles. The van der Waals surface area contributed by atoms with Gasteiger partial charge in [0.05, 0.1) is 25.2 Å². The van der Waals surface area contributed by atoms with E-state index in [-0.39, 0.29) is 30.0 Å². The molecule has 1 aliphatic heterocycles. The Morgan fingerprint density at radius 1 is 1.03 bits per heavy atom. The molecule has 1 aliphatic carbocycles. The van der Waals surface area contributed by atoms with Crippen molar-refractivity contribution in [3.8, 4) is 11.5 Å². The molecule has 0 saturated carbocycles. The van der Waals surface area contributed by atoms with Crippen LogP contribution in [0.5, 0.6) is 11.5 Å². The summed E-state index contributed by atoms with van der Waals surface area (Å²) in [6, 6.07) is 15.1. The molecule has 7 heteroatoms. The molecular weight excluding hydrogens is 470 g/mol. The van der Waals surface area contributed by atoms with Crippen molar-refractivity contribution in [3.05, 3.63) is 82.7 Å². The molecule has 194 valence electrons. The number of fused-ring (bicyclic) bond motifs is 1. The first-order valence-corrected chi connectivity index (χ1v) is 12.5. The second-order valence-electron chi connectivity index (χ2n) is 9.92. The number of ketones is 1. The zero-order valence-corrected chi connectivity index (χ0v) is 21.9. The topological polar surface area (TPSA) is 90.9 Å². The van der Waals surface area contributed by atoms with E-state index in [0.717, 1.165) is 11.3 Å². The van der Waals surface area contributed by atoms with E-state index in [9.17, 15) is 14.4 Å². The molecule has 0 amide bonds. The monoisotopic (exact) mass is 503 g/mol. The Morgan fingerprint density at radius 2 is 1.76 bits per heavy atom. The highest BCUT2D eigenvalue weighted by Crippen LogP contribution is 2.47. The van der Waals surface area contributed by atoms with Crippen molar-refractivity contribution in [1.29, 1.82) is 0 Å². The van der Waals surface area contributed by atoms with Crippen LogP contribution in [-0.4, -0.2) is 31.4 Å². The first-order chi connectivity index (χ1) is 17.7. The average molecular weight is 504 g/mol. The SMILES string of the molecule is COc1cc(C2C(C(=O)OCC(C)C)=C(C)NC3=CC(c4ccccc4)CC(=O)C32)ccc1OC(C)=O. The molecule has 1 N–H and O–H groups in total. The standard InChI is InChI=1S/C30H33NO6/c1-17(2)16-36-30(34)27-18(3)31-23-13-22(20-9-7-6-8-10-20)14-24(33)29(23)28(27)21-11-12-25(37-19(4)32)26(15-21)35-5/h6-13,15,17,22,28-29,31H,14,16H2,1-5H3. The van der Waals surface area contributed by atoms with E-state index < -0.39 is 23.8 Å². The number of hydrogen-bond donors (Lipinski definition) is 1. The Labute approximate surface area is 217 Å². The molecule has 0 spiro atoms. The third-order valence-electron chi connectivity index (χ3n) is 6.66. The maximum absolute atomic E-state index is 13.7. The number of rotatable bonds is 7. The van der Waals surface area contributed by atoms with Crippen LogP contribution in [0, 0.1) is 11.8 Å². The predicted octanol–water partition coefficient (Wildman–Crippen LogP) is 5.04. The fraction of sp³-hybridized carbons (Fsp3) is 0.367. The Morgan fingerprint density at radius 3 is 2.41 bits per heavy atom. The third kappa shape index (κ3) is 5.61. The summed E-state index contributed by atoms with van der Waals surface area (Å²) in [6.07, 6.45) is 2.42. The molecule has 1 heterocycles. The minimum Gasteiger partial charge on any atom is -0.493 e. The van der Waals surface area contributed by atoms with E-state index in [2.05, 4.69) is 11.4 Å². The van der Waals surface area contributed by atoms with Crippen molar-refractivity contribution in [2.24, 2.45) is 11.8 Å². The van der Waals surface area contributed by atoms with E-state index in [0.29, 0.717) is 29.0 Å². The van der Waals surface area contributed by atoms with Crippen LogP contribution in [0.3, 0.4) is 0 Å². The molecule has 0 bridgehead atoms. The molecule has 3 unspecified atom stereocenters. The summed E-state index contributed by atoms with van der Waals surface area (Å²) >= 11 is 0. The Balaban J connectivity index is 1.82. The summed E-state index contributed by atoms with van der Waals surface area (Å²) in [4.78, 5) is 38.7. The van der Waals surface area contributed by atoms with Gasteiger partial charge in [0, 0.05) is 36.6 Å². The van der Waals surface area contributed by atoms with Gasteiger partial charge in [0.2, 0.25) is 0 Å². The van der Waals surface area contributed by atoms with Crippen LogP contribution in [0.4, 0.5) is 0 Å². The number of benzene rings is 2. The van der Waals surface area contributed by atoms with Gasteiger partial charge < -0.3 is 19.5 Å². The lowest BCUT2D eigenvalue weighted by atomic mass is 9.68. The predicted molar refractivity (Wildman–Crippen MR) is 139 cm³/mol. The van der Waals surface area contributed by atoms with Crippen LogP contribution in [0.15, 0.2) is 71.6 Å². The summed E-state index contributed by atoms with van der Waals surface area (Å²) in [7, 11) is 1.48. The van der Waals surface area contributed by atoms with Crippen LogP contribution in [-0.2, 0) is 19.1 Å². The first-order valence-electron chi connectivity index (χ1n) is 12.5. The third-order valence-corrected chi connectivity index (χ3v) is 6.66. The summed E-state index contributed by atoms with van der Waals surface area (Å²) in [5.41, 5.74) is 3.60. The lowest BCUT2D eigenvalue weighted by Crippen LogP contribution is -2.42. The maximum atomic E-state index is 13.7. The largest absolute Gasteiger partial charge is 0.493 e. The van der Waals surface area contributed by atoms with E-state index in [1.165, 1.54) is 14.0 Å². The number of hydrogen-bond acceptors (Lipinski definition) is 7. The van der Waals surface area contributed by atoms with Crippen molar-refractivity contribution in [2.75, 3.05) is 13.7 Å². The van der Waals surface area contributed by atoms with Gasteiger partial charge in [0.1, 0.15) is 5.78 Å². The van der Waals surface area contributed by atoms with E-state index in [1.54, 1.807) is 18.2 Å². The van der Waals surface area contributed by atoms with Gasteiger partial charge in [-0.05, 0) is 36.1 Å². The number of ether oxygens (including phenoxy) is 3. The van der Waals surface area contributed by atoms with Crippen LogP contribution >= 0.6 is 0 Å². The molecule has 2 aromatic carbocycles. The van der Waals surface area contributed by atoms with Crippen molar-refractivity contribution >= 4 is 17.7 Å². The van der Waals surface area contributed by atoms with Gasteiger partial charge in [-0.25, -0.2) is 4.79 Å². The van der Waals surface area contributed by atoms with Gasteiger partial charge in [0.25, 0.3) is 0 Å². The van der Waals surface area contributed by atoms with E-state index in [1.807, 2.05) is 51.1 Å². The lowest BCUT2D eigenvalue weighted by molar-refractivity contribution is -0.140. The molecule has 4 rings (SSSR count). The van der Waals surface area contributed by atoms with Gasteiger partial charge in [-0.15, -0.1) is 0 Å². The lowest BCUT2D eigenvalue weighted by Gasteiger charge is -2.39. The maximum Gasteiger partial charge on any atom is 0.336 e. The number of nitrogens with one attached hydrogen (secondary N) is 1. The fourth-order valence-corrected chi connectivity index (χ4v) is 5.06. The van der Waals surface area contributed by atoms with Gasteiger partial charge in [-0.3, -0.25) is 9.59 Å². The van der Waals surface area contributed by atoms with Gasteiger partial charge in [0.15, 0.2) is 11.5 Å². The number of carbonyl (C=O) groups excluding carboxylic acids is 3. The number of Topliss-reactive ketones (excluding diaryl/α,β-unsaturated/α-hetero) is 1. The molecule has 0 radical (unpaired) electrons. The van der Waals surface area contributed by atoms with Crippen molar-refractivity contribution in [1.82, 2.24) is 5.32 Å². The summed E-state index contributed by atoms with van der Waals surface area (Å²) in [5.74, 6) is -1.34. The Kier molecular flexibility index (Phi) is 7.81. The second kappa shape index (κ2) is 11.0. The van der Waals surface area contributed by atoms with Gasteiger partial charge in [-0.2, -0.15) is 0 Å². The molecule has 0 fully saturated rings. The molecule has 7 nitrogen and oxygen atoms in total. The van der Waals surface area contributed by atoms with Crippen molar-refractivity contribution < 1.29 is 28.6 Å². The molecule has 3 atom stereocenters. The van der Waals surface area contributed by atoms with Crippen molar-refractivity contribution in [3.63, 3.8) is 0 Å². The molecular formula is C30H33NO6. The fourth-order valence-electron chi connectivity index (χ4n) is 5.06. The molecule has 0 aromatic heterocycles. The normalized spacial score (nSPS) is 21.1. The van der Waals surface area contributed by atoms with Crippen LogP contribution in [0.1, 0.15) is 57.1 Å². The number of esters is 2.